The number of Topliss-reactive ketones (excluding diaryl/α,β-unsaturated/α-hetero) is 1. The molecule has 10 heteroatoms. The van der Waals surface area contributed by atoms with Gasteiger partial charge < -0.3 is 15.0 Å². The number of benzene rings is 1. The van der Waals surface area contributed by atoms with Gasteiger partial charge in [-0.2, -0.15) is 0 Å². The van der Waals surface area contributed by atoms with E-state index >= 15 is 0 Å². The highest BCUT2D eigenvalue weighted by Gasteiger charge is 2.36. The SMILES string of the molecule is CC(=O)c1sc(NC(=O)NC2CCN(C3CCOCC3)CC2CN2CCCC(Cc3ccc(F)cc3)C2)nc1C. The number of nitrogens with zero attached hydrogens (tertiary/aromatic N) is 3. The van der Waals surface area contributed by atoms with E-state index in [1.165, 1.54) is 30.2 Å². The van der Waals surface area contributed by atoms with E-state index in [0.717, 1.165) is 78.0 Å². The molecule has 0 bridgehead atoms. The van der Waals surface area contributed by atoms with Crippen molar-refractivity contribution in [3.8, 4) is 0 Å². The number of nitrogens with one attached hydrogen (secondary N) is 2. The Hall–Kier alpha value is -2.40. The van der Waals surface area contributed by atoms with Crippen LogP contribution in [0.25, 0.3) is 0 Å². The molecule has 2 aromatic rings. The minimum Gasteiger partial charge on any atom is -0.381 e. The van der Waals surface area contributed by atoms with Gasteiger partial charge in [0.25, 0.3) is 0 Å². The first-order valence-electron chi connectivity index (χ1n) is 14.7. The second kappa shape index (κ2) is 13.5. The summed E-state index contributed by atoms with van der Waals surface area (Å²) >= 11 is 1.23. The summed E-state index contributed by atoms with van der Waals surface area (Å²) in [6.07, 6.45) is 6.34. The Labute approximate surface area is 240 Å². The Morgan fingerprint density at radius 2 is 1.88 bits per heavy atom. The molecule has 218 valence electrons. The normalized spacial score (nSPS) is 25.0. The lowest BCUT2D eigenvalue weighted by atomic mass is 9.87. The third kappa shape index (κ3) is 7.66. The van der Waals surface area contributed by atoms with Gasteiger partial charge >= 0.3 is 6.03 Å². The smallest absolute Gasteiger partial charge is 0.321 e. The maximum atomic E-state index is 13.4. The molecular formula is C30H42FN5O3S. The molecular weight excluding hydrogens is 529 g/mol. The van der Waals surface area contributed by atoms with Gasteiger partial charge in [-0.3, -0.25) is 15.0 Å². The quantitative estimate of drug-likeness (QED) is 0.446. The molecule has 3 atom stereocenters. The van der Waals surface area contributed by atoms with Gasteiger partial charge in [-0.05, 0) is 75.6 Å². The number of hydrogen-bond donors (Lipinski definition) is 2. The number of urea groups is 1. The van der Waals surface area contributed by atoms with Crippen LogP contribution >= 0.6 is 11.3 Å². The monoisotopic (exact) mass is 571 g/mol. The average Bonchev–Trinajstić information content (AvgIpc) is 3.31. The molecule has 1 aromatic carbocycles. The lowest BCUT2D eigenvalue weighted by Gasteiger charge is -2.45. The van der Waals surface area contributed by atoms with Gasteiger partial charge in [0.1, 0.15) is 5.82 Å². The number of hydrogen-bond acceptors (Lipinski definition) is 7. The molecule has 0 spiro atoms. The molecule has 1 aromatic heterocycles. The fourth-order valence-corrected chi connectivity index (χ4v) is 7.52. The Morgan fingerprint density at radius 3 is 2.60 bits per heavy atom. The summed E-state index contributed by atoms with van der Waals surface area (Å²) in [5, 5.41) is 6.59. The summed E-state index contributed by atoms with van der Waals surface area (Å²) in [6, 6.07) is 7.26. The largest absolute Gasteiger partial charge is 0.381 e. The molecule has 3 aliphatic rings. The fourth-order valence-electron chi connectivity index (χ4n) is 6.66. The first-order chi connectivity index (χ1) is 19.3. The summed E-state index contributed by atoms with van der Waals surface area (Å²) in [5.41, 5.74) is 1.84. The molecule has 0 radical (unpaired) electrons. The molecule has 5 rings (SSSR count). The third-order valence-electron chi connectivity index (χ3n) is 8.66. The fraction of sp³-hybridized carbons (Fsp3) is 0.633. The molecule has 4 heterocycles. The molecule has 2 N–H and O–H groups in total. The number of thiazole rings is 1. The van der Waals surface area contributed by atoms with E-state index in [1.54, 1.807) is 19.1 Å². The maximum absolute atomic E-state index is 13.4. The van der Waals surface area contributed by atoms with E-state index in [1.807, 2.05) is 12.1 Å². The molecule has 0 saturated carbocycles. The van der Waals surface area contributed by atoms with E-state index in [9.17, 15) is 14.0 Å². The van der Waals surface area contributed by atoms with Crippen LogP contribution in [0.15, 0.2) is 24.3 Å². The number of halogens is 1. The molecule has 0 aliphatic carbocycles. The summed E-state index contributed by atoms with van der Waals surface area (Å²) < 4.78 is 19.0. The van der Waals surface area contributed by atoms with Gasteiger partial charge in [0.2, 0.25) is 0 Å². The second-order valence-corrected chi connectivity index (χ2v) is 12.7. The highest BCUT2D eigenvalue weighted by Crippen LogP contribution is 2.28. The average molecular weight is 572 g/mol. The maximum Gasteiger partial charge on any atom is 0.321 e. The number of carbonyl (C=O) groups is 2. The number of likely N-dealkylation sites (tertiary alicyclic amines) is 2. The molecule has 3 aliphatic heterocycles. The Bertz CT molecular complexity index is 1150. The highest BCUT2D eigenvalue weighted by molar-refractivity contribution is 7.17. The van der Waals surface area contributed by atoms with E-state index in [-0.39, 0.29) is 23.7 Å². The van der Waals surface area contributed by atoms with Crippen LogP contribution in [0.1, 0.15) is 60.0 Å². The number of anilines is 1. The van der Waals surface area contributed by atoms with Crippen LogP contribution in [-0.4, -0.2) is 84.6 Å². The van der Waals surface area contributed by atoms with Crippen LogP contribution in [-0.2, 0) is 11.2 Å². The zero-order chi connectivity index (χ0) is 28.1. The van der Waals surface area contributed by atoms with Crippen molar-refractivity contribution in [2.45, 2.75) is 64.5 Å². The van der Waals surface area contributed by atoms with Crippen molar-refractivity contribution in [3.63, 3.8) is 0 Å². The van der Waals surface area contributed by atoms with Crippen molar-refractivity contribution in [1.82, 2.24) is 20.1 Å². The second-order valence-electron chi connectivity index (χ2n) is 11.7. The molecule has 40 heavy (non-hydrogen) atoms. The summed E-state index contributed by atoms with van der Waals surface area (Å²) in [7, 11) is 0. The number of aromatic nitrogens is 1. The Kier molecular flexibility index (Phi) is 9.83. The van der Waals surface area contributed by atoms with Crippen LogP contribution in [0.4, 0.5) is 14.3 Å². The minimum absolute atomic E-state index is 0.0386. The van der Waals surface area contributed by atoms with Gasteiger partial charge in [0.05, 0.1) is 10.6 Å². The molecule has 8 nitrogen and oxygen atoms in total. The van der Waals surface area contributed by atoms with Gasteiger partial charge in [0.15, 0.2) is 10.9 Å². The Balaban J connectivity index is 1.22. The van der Waals surface area contributed by atoms with Crippen molar-refractivity contribution >= 4 is 28.3 Å². The van der Waals surface area contributed by atoms with Crippen LogP contribution in [0, 0.1) is 24.6 Å². The zero-order valence-corrected chi connectivity index (χ0v) is 24.5. The van der Waals surface area contributed by atoms with Gasteiger partial charge in [-0.1, -0.05) is 23.5 Å². The van der Waals surface area contributed by atoms with Gasteiger partial charge in [-0.25, -0.2) is 14.2 Å². The Morgan fingerprint density at radius 1 is 1.10 bits per heavy atom. The first kappa shape index (κ1) is 29.1. The molecule has 3 fully saturated rings. The number of piperidine rings is 2. The number of amides is 2. The van der Waals surface area contributed by atoms with E-state index in [0.29, 0.717) is 33.6 Å². The van der Waals surface area contributed by atoms with Crippen LogP contribution < -0.4 is 10.6 Å². The first-order valence-corrected chi connectivity index (χ1v) is 15.5. The topological polar surface area (TPSA) is 86.8 Å². The van der Waals surface area contributed by atoms with E-state index < -0.39 is 0 Å². The van der Waals surface area contributed by atoms with Crippen molar-refractivity contribution in [3.05, 3.63) is 46.2 Å². The zero-order valence-electron chi connectivity index (χ0n) is 23.7. The molecule has 2 amide bonds. The van der Waals surface area contributed by atoms with E-state index in [4.69, 9.17) is 4.74 Å². The number of rotatable bonds is 8. The number of ether oxygens (including phenoxy) is 1. The minimum atomic E-state index is -0.258. The van der Waals surface area contributed by atoms with Crippen LogP contribution in [0.5, 0.6) is 0 Å². The third-order valence-corrected chi connectivity index (χ3v) is 9.83. The number of aryl methyl sites for hydroxylation is 1. The predicted molar refractivity (Wildman–Crippen MR) is 156 cm³/mol. The standard InChI is InChI=1S/C30H42FN5O3S/c1-20-28(21(2)37)40-30(32-20)34-29(38)33-27-9-13-36(26-10-14-39-15-11-26)19-24(27)18-35-12-3-4-23(17-35)16-22-5-7-25(31)8-6-22/h5-8,23-24,26-27H,3-4,9-19H2,1-2H3,(H2,32,33,34,38). The van der Waals surface area contributed by atoms with Crippen molar-refractivity contribution in [2.24, 2.45) is 11.8 Å². The van der Waals surface area contributed by atoms with Crippen LogP contribution in [0.3, 0.4) is 0 Å². The van der Waals surface area contributed by atoms with Crippen molar-refractivity contribution in [2.75, 3.05) is 51.3 Å². The lowest BCUT2D eigenvalue weighted by Crippen LogP contribution is -2.57. The number of carbonyl (C=O) groups excluding carboxylic acids is 2. The lowest BCUT2D eigenvalue weighted by molar-refractivity contribution is 0.00494. The van der Waals surface area contributed by atoms with Crippen molar-refractivity contribution in [1.29, 1.82) is 0 Å². The van der Waals surface area contributed by atoms with Gasteiger partial charge in [0, 0.05) is 64.3 Å². The van der Waals surface area contributed by atoms with Crippen LogP contribution in [0.2, 0.25) is 0 Å². The highest BCUT2D eigenvalue weighted by atomic mass is 32.1. The number of ketones is 1. The van der Waals surface area contributed by atoms with Crippen molar-refractivity contribution < 1.29 is 18.7 Å². The predicted octanol–water partition coefficient (Wildman–Crippen LogP) is 4.74. The van der Waals surface area contributed by atoms with Gasteiger partial charge in [-0.15, -0.1) is 0 Å². The van der Waals surface area contributed by atoms with E-state index in [2.05, 4.69) is 25.4 Å². The molecule has 3 saturated heterocycles. The summed E-state index contributed by atoms with van der Waals surface area (Å²) in [4.78, 5) is 35.0. The molecule has 3 unspecified atom stereocenters. The summed E-state index contributed by atoms with van der Waals surface area (Å²) in [6.45, 7) is 9.91. The summed E-state index contributed by atoms with van der Waals surface area (Å²) in [5.74, 6) is 0.626.